The van der Waals surface area contributed by atoms with Gasteiger partial charge >= 0.3 is 5.97 Å². The molecule has 1 aromatic carbocycles. The Morgan fingerprint density at radius 2 is 1.15 bits per heavy atom. The lowest BCUT2D eigenvalue weighted by atomic mass is 10.0. The number of rotatable bonds is 15. The van der Waals surface area contributed by atoms with Crippen molar-refractivity contribution in [2.24, 2.45) is 5.73 Å². The Morgan fingerprint density at radius 1 is 0.741 bits per heavy atom. The zero-order valence-corrected chi connectivity index (χ0v) is 17.1. The summed E-state index contributed by atoms with van der Waals surface area (Å²) >= 11 is 0. The molecule has 0 aliphatic rings. The Kier molecular flexibility index (Phi) is 17.6. The minimum Gasteiger partial charge on any atom is -0.481 e. The van der Waals surface area contributed by atoms with Crippen LogP contribution in [-0.2, 0) is 4.79 Å². The van der Waals surface area contributed by atoms with Gasteiger partial charge in [-0.3, -0.25) is 9.59 Å². The van der Waals surface area contributed by atoms with Crippen molar-refractivity contribution in [2.45, 2.75) is 96.8 Å². The number of nitrogens with two attached hydrogens (primary N) is 1. The van der Waals surface area contributed by atoms with E-state index in [0.29, 0.717) is 12.0 Å². The lowest BCUT2D eigenvalue weighted by Crippen LogP contribution is -2.09. The van der Waals surface area contributed by atoms with Crippen LogP contribution in [0.15, 0.2) is 30.3 Å². The maximum Gasteiger partial charge on any atom is 0.303 e. The molecule has 0 unspecified atom stereocenters. The van der Waals surface area contributed by atoms with E-state index in [2.05, 4.69) is 6.92 Å². The maximum atomic E-state index is 10.4. The fourth-order valence-corrected chi connectivity index (χ4v) is 2.90. The first kappa shape index (κ1) is 25.2. The number of hydrogen-bond acceptors (Lipinski definition) is 2. The standard InChI is InChI=1S/C16H32O2.C7H7NO/c1-2-3-4-5-6-7-8-9-10-11-12-13-14-15-16(17)18;8-7(9)6-4-2-1-3-5-6/h2-15H2,1H3,(H,17,18);1-5H,(H2,8,9). The molecule has 4 nitrogen and oxygen atoms in total. The van der Waals surface area contributed by atoms with Gasteiger partial charge in [0.2, 0.25) is 5.91 Å². The van der Waals surface area contributed by atoms with E-state index in [1.807, 2.05) is 6.07 Å². The predicted molar refractivity (Wildman–Crippen MR) is 113 cm³/mol. The van der Waals surface area contributed by atoms with Gasteiger partial charge in [-0.1, -0.05) is 102 Å². The van der Waals surface area contributed by atoms with E-state index in [9.17, 15) is 9.59 Å². The van der Waals surface area contributed by atoms with Crippen LogP contribution in [-0.4, -0.2) is 17.0 Å². The van der Waals surface area contributed by atoms with Gasteiger partial charge in [-0.05, 0) is 18.6 Å². The SMILES string of the molecule is CCCCCCCCCCCCCCCC(=O)O.NC(=O)c1ccccc1. The van der Waals surface area contributed by atoms with Gasteiger partial charge in [0.1, 0.15) is 0 Å². The normalized spacial score (nSPS) is 10.1. The second-order valence-corrected chi connectivity index (χ2v) is 7.12. The van der Waals surface area contributed by atoms with Crippen LogP contribution in [0.2, 0.25) is 0 Å². The van der Waals surface area contributed by atoms with Gasteiger partial charge in [-0.15, -0.1) is 0 Å². The summed E-state index contributed by atoms with van der Waals surface area (Å²) in [4.78, 5) is 20.7. The molecule has 0 atom stereocenters. The van der Waals surface area contributed by atoms with E-state index in [1.165, 1.54) is 70.6 Å². The third-order valence-corrected chi connectivity index (χ3v) is 4.55. The van der Waals surface area contributed by atoms with Crippen LogP contribution in [0, 0.1) is 0 Å². The lowest BCUT2D eigenvalue weighted by molar-refractivity contribution is -0.137. The number of benzene rings is 1. The fourth-order valence-electron chi connectivity index (χ4n) is 2.90. The van der Waals surface area contributed by atoms with E-state index < -0.39 is 5.97 Å². The van der Waals surface area contributed by atoms with Crippen molar-refractivity contribution in [2.75, 3.05) is 0 Å². The van der Waals surface area contributed by atoms with Crippen molar-refractivity contribution in [1.29, 1.82) is 0 Å². The van der Waals surface area contributed by atoms with Crippen molar-refractivity contribution in [3.05, 3.63) is 35.9 Å². The molecule has 3 N–H and O–H groups in total. The molecule has 0 saturated heterocycles. The van der Waals surface area contributed by atoms with Crippen LogP contribution in [0.3, 0.4) is 0 Å². The Bertz CT molecular complexity index is 474. The molecule has 0 aromatic heterocycles. The van der Waals surface area contributed by atoms with Gasteiger partial charge in [0.25, 0.3) is 0 Å². The van der Waals surface area contributed by atoms with Gasteiger partial charge in [-0.25, -0.2) is 0 Å². The number of hydrogen-bond donors (Lipinski definition) is 2. The summed E-state index contributed by atoms with van der Waals surface area (Å²) in [5.74, 6) is -1.03. The molecule has 0 fully saturated rings. The highest BCUT2D eigenvalue weighted by Gasteiger charge is 1.97. The zero-order valence-electron chi connectivity index (χ0n) is 17.1. The second kappa shape index (κ2) is 18.9. The summed E-state index contributed by atoms with van der Waals surface area (Å²) in [6.45, 7) is 2.26. The van der Waals surface area contributed by atoms with Crippen LogP contribution in [0.5, 0.6) is 0 Å². The number of carboxylic acid groups (broad SMARTS) is 1. The quantitative estimate of drug-likeness (QED) is 0.350. The number of unbranched alkanes of at least 4 members (excludes halogenated alkanes) is 12. The molecule has 0 aliphatic heterocycles. The van der Waals surface area contributed by atoms with Crippen LogP contribution >= 0.6 is 0 Å². The molecule has 27 heavy (non-hydrogen) atoms. The molecule has 154 valence electrons. The highest BCUT2D eigenvalue weighted by Crippen LogP contribution is 2.12. The molecule has 0 aliphatic carbocycles. The highest BCUT2D eigenvalue weighted by atomic mass is 16.4. The minimum atomic E-state index is -0.655. The minimum absolute atomic E-state index is 0.345. The Morgan fingerprint density at radius 3 is 1.48 bits per heavy atom. The third kappa shape index (κ3) is 18.7. The highest BCUT2D eigenvalue weighted by molar-refractivity contribution is 5.92. The molecule has 4 heteroatoms. The maximum absolute atomic E-state index is 10.4. The van der Waals surface area contributed by atoms with E-state index >= 15 is 0 Å². The molecule has 1 amide bonds. The van der Waals surface area contributed by atoms with Crippen LogP contribution in [0.1, 0.15) is 107 Å². The molecule has 0 heterocycles. The first-order valence-corrected chi connectivity index (χ1v) is 10.6. The fraction of sp³-hybridized carbons (Fsp3) is 0.652. The van der Waals surface area contributed by atoms with Gasteiger partial charge in [0.15, 0.2) is 0 Å². The Labute approximate surface area is 165 Å². The molecule has 0 bridgehead atoms. The average Bonchev–Trinajstić information content (AvgIpc) is 2.66. The number of carbonyl (C=O) groups excluding carboxylic acids is 1. The molecule has 1 aromatic rings. The predicted octanol–water partition coefficient (Wildman–Crippen LogP) is 6.34. The molecule has 1 rings (SSSR count). The number of aliphatic carboxylic acids is 1. The summed E-state index contributed by atoms with van der Waals surface area (Å²) in [5, 5.41) is 8.49. The summed E-state index contributed by atoms with van der Waals surface area (Å²) in [6.07, 6.45) is 17.3. The lowest BCUT2D eigenvalue weighted by Gasteiger charge is -2.02. The number of carbonyl (C=O) groups is 2. The van der Waals surface area contributed by atoms with E-state index in [0.717, 1.165) is 12.8 Å². The molecular weight excluding hydrogens is 338 g/mol. The van der Waals surface area contributed by atoms with E-state index in [-0.39, 0.29) is 5.91 Å². The monoisotopic (exact) mass is 377 g/mol. The van der Waals surface area contributed by atoms with Gasteiger partial charge < -0.3 is 10.8 Å². The number of amides is 1. The Hall–Kier alpha value is -1.84. The number of primary amides is 1. The third-order valence-electron chi connectivity index (χ3n) is 4.55. The van der Waals surface area contributed by atoms with Crippen molar-refractivity contribution >= 4 is 11.9 Å². The Balaban J connectivity index is 0.000000621. The van der Waals surface area contributed by atoms with Crippen LogP contribution < -0.4 is 5.73 Å². The summed E-state index contributed by atoms with van der Waals surface area (Å²) in [7, 11) is 0. The number of carboxylic acids is 1. The van der Waals surface area contributed by atoms with Crippen LogP contribution in [0.4, 0.5) is 0 Å². The van der Waals surface area contributed by atoms with Crippen molar-refractivity contribution in [3.8, 4) is 0 Å². The molecular formula is C23H39NO3. The van der Waals surface area contributed by atoms with Crippen molar-refractivity contribution in [1.82, 2.24) is 0 Å². The largest absolute Gasteiger partial charge is 0.481 e. The smallest absolute Gasteiger partial charge is 0.303 e. The van der Waals surface area contributed by atoms with Crippen molar-refractivity contribution in [3.63, 3.8) is 0 Å². The molecule has 0 radical (unpaired) electrons. The first-order valence-electron chi connectivity index (χ1n) is 10.6. The summed E-state index contributed by atoms with van der Waals surface area (Å²) in [6, 6.07) is 8.76. The molecule has 0 saturated carbocycles. The van der Waals surface area contributed by atoms with E-state index in [4.69, 9.17) is 10.8 Å². The van der Waals surface area contributed by atoms with E-state index in [1.54, 1.807) is 24.3 Å². The zero-order chi connectivity index (χ0) is 20.2. The first-order chi connectivity index (χ1) is 13.1. The van der Waals surface area contributed by atoms with Gasteiger partial charge in [-0.2, -0.15) is 0 Å². The second-order valence-electron chi connectivity index (χ2n) is 7.12. The molecule has 0 spiro atoms. The van der Waals surface area contributed by atoms with Gasteiger partial charge in [0, 0.05) is 12.0 Å². The summed E-state index contributed by atoms with van der Waals surface area (Å²) in [5.41, 5.74) is 5.53. The summed E-state index contributed by atoms with van der Waals surface area (Å²) < 4.78 is 0. The average molecular weight is 378 g/mol. The van der Waals surface area contributed by atoms with Crippen LogP contribution in [0.25, 0.3) is 0 Å². The van der Waals surface area contributed by atoms with Gasteiger partial charge in [0.05, 0.1) is 0 Å². The topological polar surface area (TPSA) is 80.4 Å². The van der Waals surface area contributed by atoms with Crippen molar-refractivity contribution < 1.29 is 14.7 Å².